The monoisotopic (exact) mass is 256 g/mol. The van der Waals surface area contributed by atoms with E-state index in [1.54, 1.807) is 0 Å². The Morgan fingerprint density at radius 3 is 2.33 bits per heavy atom. The van der Waals surface area contributed by atoms with E-state index in [4.69, 9.17) is 0 Å². The first kappa shape index (κ1) is 12.9. The second-order valence-corrected chi connectivity index (χ2v) is 3.96. The van der Waals surface area contributed by atoms with Gasteiger partial charge in [0.1, 0.15) is 0 Å². The molecule has 0 spiro atoms. The summed E-state index contributed by atoms with van der Waals surface area (Å²) >= 11 is 0. The lowest BCUT2D eigenvalue weighted by molar-refractivity contribution is -0.395. The van der Waals surface area contributed by atoms with Crippen LogP contribution in [0.3, 0.4) is 0 Å². The van der Waals surface area contributed by atoms with Gasteiger partial charge in [-0.25, -0.2) is 0 Å². The minimum Gasteiger partial charge on any atom is -0.362 e. The van der Waals surface area contributed by atoms with E-state index in [1.807, 2.05) is 30.3 Å². The second kappa shape index (κ2) is 4.59. The van der Waals surface area contributed by atoms with Crippen molar-refractivity contribution in [2.24, 2.45) is 0 Å². The van der Waals surface area contributed by atoms with Crippen molar-refractivity contribution in [1.82, 2.24) is 0 Å². The number of hydrogen-bond acceptors (Lipinski definition) is 2. The number of ether oxygens (including phenoxy) is 1. The van der Waals surface area contributed by atoms with Gasteiger partial charge in [-0.15, -0.1) is 13.2 Å². The molecule has 1 aromatic carbocycles. The third kappa shape index (κ3) is 3.21. The van der Waals surface area contributed by atoms with Gasteiger partial charge < -0.3 is 5.11 Å². The number of aliphatic hydroxyl groups is 1. The molecule has 0 fully saturated rings. The average Bonchev–Trinajstić information content (AvgIpc) is 2.28. The molecule has 0 aromatic heterocycles. The predicted octanol–water partition coefficient (Wildman–Crippen LogP) is 3.25. The Morgan fingerprint density at radius 1 is 1.17 bits per heavy atom. The van der Waals surface area contributed by atoms with Crippen molar-refractivity contribution < 1.29 is 23.0 Å². The molecule has 0 radical (unpaired) electrons. The molecule has 96 valence electrons. The third-order valence-electron chi connectivity index (χ3n) is 2.54. The average molecular weight is 256 g/mol. The van der Waals surface area contributed by atoms with Gasteiger partial charge in [0, 0.05) is 6.42 Å². The van der Waals surface area contributed by atoms with E-state index in [0.29, 0.717) is 0 Å². The second-order valence-electron chi connectivity index (χ2n) is 3.96. The lowest BCUT2D eigenvalue weighted by atomic mass is 9.96. The first-order chi connectivity index (χ1) is 8.38. The number of hydrogen-bond donors (Lipinski definition) is 1. The first-order valence-electron chi connectivity index (χ1n) is 5.32. The van der Waals surface area contributed by atoms with Gasteiger partial charge in [0.2, 0.25) is 0 Å². The molecule has 5 heteroatoms. The van der Waals surface area contributed by atoms with Crippen LogP contribution in [-0.2, 0) is 4.74 Å². The highest BCUT2D eigenvalue weighted by molar-refractivity contribution is 5.75. The highest BCUT2D eigenvalue weighted by Gasteiger charge is 2.41. The van der Waals surface area contributed by atoms with Gasteiger partial charge in [-0.1, -0.05) is 42.5 Å². The summed E-state index contributed by atoms with van der Waals surface area (Å²) in [6.07, 6.45) is -1.15. The molecule has 1 aromatic rings. The van der Waals surface area contributed by atoms with Crippen LogP contribution in [0.15, 0.2) is 48.6 Å². The Bertz CT molecular complexity index is 477. The van der Waals surface area contributed by atoms with E-state index < -0.39 is 12.1 Å². The van der Waals surface area contributed by atoms with E-state index in [2.05, 4.69) is 4.74 Å². The maximum Gasteiger partial charge on any atom is 0.525 e. The van der Waals surface area contributed by atoms with Crippen molar-refractivity contribution in [3.63, 3.8) is 0 Å². The highest BCUT2D eigenvalue weighted by Crippen LogP contribution is 2.32. The van der Waals surface area contributed by atoms with E-state index in [-0.39, 0.29) is 6.42 Å². The SMILES string of the molecule is OC1(OC(F)(F)F)C=CC(c2ccccc2)=CC1. The summed E-state index contributed by atoms with van der Waals surface area (Å²) in [7, 11) is 0. The lowest BCUT2D eigenvalue weighted by Gasteiger charge is -2.27. The van der Waals surface area contributed by atoms with Crippen molar-refractivity contribution in [1.29, 1.82) is 0 Å². The maximum absolute atomic E-state index is 12.1. The normalized spacial score (nSPS) is 23.9. The van der Waals surface area contributed by atoms with Gasteiger partial charge in [0.15, 0.2) is 5.79 Å². The van der Waals surface area contributed by atoms with Crippen LogP contribution in [0.4, 0.5) is 13.2 Å². The minimum absolute atomic E-state index is 0.243. The van der Waals surface area contributed by atoms with Crippen molar-refractivity contribution in [2.75, 3.05) is 0 Å². The molecule has 0 saturated carbocycles. The molecule has 0 aliphatic heterocycles. The summed E-state index contributed by atoms with van der Waals surface area (Å²) in [5.41, 5.74) is 1.63. The molecule has 1 aliphatic carbocycles. The van der Waals surface area contributed by atoms with E-state index in [1.165, 1.54) is 12.2 Å². The molecule has 18 heavy (non-hydrogen) atoms. The molecular weight excluding hydrogens is 245 g/mol. The Morgan fingerprint density at radius 2 is 1.83 bits per heavy atom. The summed E-state index contributed by atoms with van der Waals surface area (Å²) in [4.78, 5) is 0. The van der Waals surface area contributed by atoms with Gasteiger partial charge in [0.25, 0.3) is 0 Å². The molecule has 2 rings (SSSR count). The fourth-order valence-corrected chi connectivity index (χ4v) is 1.73. The Balaban J connectivity index is 2.12. The van der Waals surface area contributed by atoms with Gasteiger partial charge in [-0.3, -0.25) is 4.74 Å². The van der Waals surface area contributed by atoms with Crippen LogP contribution in [-0.4, -0.2) is 17.3 Å². The Labute approximate surface area is 102 Å². The van der Waals surface area contributed by atoms with Crippen LogP contribution < -0.4 is 0 Å². The van der Waals surface area contributed by atoms with Crippen molar-refractivity contribution >= 4 is 5.57 Å². The van der Waals surface area contributed by atoms with Crippen molar-refractivity contribution in [3.05, 3.63) is 54.1 Å². The third-order valence-corrected chi connectivity index (χ3v) is 2.54. The summed E-state index contributed by atoms with van der Waals surface area (Å²) < 4.78 is 39.9. The van der Waals surface area contributed by atoms with Crippen LogP contribution in [0.2, 0.25) is 0 Å². The number of allylic oxidation sites excluding steroid dienone is 2. The summed E-state index contributed by atoms with van der Waals surface area (Å²) in [6, 6.07) is 9.18. The molecule has 2 nitrogen and oxygen atoms in total. The first-order valence-corrected chi connectivity index (χ1v) is 5.32. The lowest BCUT2D eigenvalue weighted by Crippen LogP contribution is -2.36. The molecule has 1 unspecified atom stereocenters. The number of alkyl halides is 3. The Kier molecular flexibility index (Phi) is 3.28. The fraction of sp³-hybridized carbons (Fsp3) is 0.231. The van der Waals surface area contributed by atoms with Gasteiger partial charge in [-0.05, 0) is 17.2 Å². The zero-order valence-corrected chi connectivity index (χ0v) is 9.32. The highest BCUT2D eigenvalue weighted by atomic mass is 19.4. The standard InChI is InChI=1S/C13H11F3O2/c14-13(15,16)18-12(17)8-6-11(7-9-12)10-4-2-1-3-5-10/h1-8,17H,9H2. The van der Waals surface area contributed by atoms with E-state index in [9.17, 15) is 18.3 Å². The van der Waals surface area contributed by atoms with Gasteiger partial charge in [-0.2, -0.15) is 0 Å². The summed E-state index contributed by atoms with van der Waals surface area (Å²) in [5, 5.41) is 9.60. The molecule has 1 N–H and O–H groups in total. The molecule has 0 amide bonds. The predicted molar refractivity (Wildman–Crippen MR) is 60.3 cm³/mol. The van der Waals surface area contributed by atoms with Crippen molar-refractivity contribution in [2.45, 2.75) is 18.6 Å². The van der Waals surface area contributed by atoms with E-state index in [0.717, 1.165) is 17.2 Å². The molecule has 0 bridgehead atoms. The Hall–Kier alpha value is -1.59. The van der Waals surface area contributed by atoms with Gasteiger partial charge >= 0.3 is 6.36 Å². The minimum atomic E-state index is -4.86. The zero-order chi connectivity index (χ0) is 13.2. The molecular formula is C13H11F3O2. The smallest absolute Gasteiger partial charge is 0.362 e. The number of benzene rings is 1. The van der Waals surface area contributed by atoms with Crippen LogP contribution in [0.1, 0.15) is 12.0 Å². The number of halogens is 3. The summed E-state index contributed by atoms with van der Waals surface area (Å²) in [6.45, 7) is 0. The van der Waals surface area contributed by atoms with Crippen LogP contribution in [0.5, 0.6) is 0 Å². The zero-order valence-electron chi connectivity index (χ0n) is 9.32. The molecule has 1 atom stereocenters. The molecule has 1 aliphatic rings. The van der Waals surface area contributed by atoms with Crippen molar-refractivity contribution in [3.8, 4) is 0 Å². The fourth-order valence-electron chi connectivity index (χ4n) is 1.73. The van der Waals surface area contributed by atoms with Gasteiger partial charge in [0.05, 0.1) is 0 Å². The summed E-state index contributed by atoms with van der Waals surface area (Å²) in [5.74, 6) is -2.31. The van der Waals surface area contributed by atoms with Crippen LogP contribution in [0.25, 0.3) is 5.57 Å². The molecule has 0 heterocycles. The van der Waals surface area contributed by atoms with E-state index >= 15 is 0 Å². The maximum atomic E-state index is 12.1. The largest absolute Gasteiger partial charge is 0.525 e. The topological polar surface area (TPSA) is 29.5 Å². The number of rotatable bonds is 2. The quantitative estimate of drug-likeness (QED) is 0.823. The molecule has 0 saturated heterocycles. The van der Waals surface area contributed by atoms with Crippen LogP contribution in [0, 0.1) is 0 Å². The van der Waals surface area contributed by atoms with Crippen LogP contribution >= 0.6 is 0 Å².